The molecule has 0 unspecified atom stereocenters. The number of hydrogen-bond acceptors (Lipinski definition) is 3. The van der Waals surface area contributed by atoms with Gasteiger partial charge in [0.2, 0.25) is 0 Å². The summed E-state index contributed by atoms with van der Waals surface area (Å²) in [7, 11) is 0. The molecular formula is C17H10N4. The summed E-state index contributed by atoms with van der Waals surface area (Å²) in [6.45, 7) is 0. The molecule has 4 rings (SSSR count). The van der Waals surface area contributed by atoms with Crippen LogP contribution in [0, 0.1) is 11.3 Å². The number of pyridine rings is 1. The van der Waals surface area contributed by atoms with Crippen molar-refractivity contribution >= 4 is 21.7 Å². The summed E-state index contributed by atoms with van der Waals surface area (Å²) in [6.07, 6.45) is 1.64. The van der Waals surface area contributed by atoms with Crippen molar-refractivity contribution in [2.45, 2.75) is 0 Å². The first-order valence-corrected chi connectivity index (χ1v) is 6.58. The van der Waals surface area contributed by atoms with Crippen molar-refractivity contribution in [1.82, 2.24) is 15.2 Å². The first-order chi connectivity index (χ1) is 10.3. The van der Waals surface area contributed by atoms with Gasteiger partial charge < -0.3 is 0 Å². The summed E-state index contributed by atoms with van der Waals surface area (Å²) >= 11 is 0. The fourth-order valence-corrected chi connectivity index (χ4v) is 2.53. The summed E-state index contributed by atoms with van der Waals surface area (Å²) in [4.78, 5) is 4.05. The first kappa shape index (κ1) is 11.6. The quantitative estimate of drug-likeness (QED) is 0.574. The second-order valence-corrected chi connectivity index (χ2v) is 4.86. The van der Waals surface area contributed by atoms with Gasteiger partial charge in [0, 0.05) is 10.9 Å². The van der Waals surface area contributed by atoms with E-state index in [1.54, 1.807) is 12.3 Å². The van der Waals surface area contributed by atoms with Crippen LogP contribution in [0.25, 0.3) is 32.9 Å². The maximum Gasteiger partial charge on any atom is 0.141 e. The SMILES string of the molecule is N#Cc1cc2c(-c3ccc4ccccc4c3)n[nH]c2cn1. The Labute approximate surface area is 120 Å². The van der Waals surface area contributed by atoms with E-state index in [1.807, 2.05) is 18.2 Å². The molecule has 0 saturated heterocycles. The molecule has 0 aliphatic rings. The maximum absolute atomic E-state index is 8.99. The number of rotatable bonds is 1. The zero-order valence-corrected chi connectivity index (χ0v) is 11.0. The molecule has 4 aromatic rings. The van der Waals surface area contributed by atoms with E-state index in [0.29, 0.717) is 5.69 Å². The molecule has 0 saturated carbocycles. The van der Waals surface area contributed by atoms with Crippen molar-refractivity contribution in [3.05, 3.63) is 60.4 Å². The zero-order chi connectivity index (χ0) is 14.2. The molecule has 0 amide bonds. The van der Waals surface area contributed by atoms with E-state index in [2.05, 4.69) is 45.5 Å². The molecule has 2 heterocycles. The van der Waals surface area contributed by atoms with Crippen LogP contribution < -0.4 is 0 Å². The number of benzene rings is 2. The lowest BCUT2D eigenvalue weighted by molar-refractivity contribution is 1.12. The summed E-state index contributed by atoms with van der Waals surface area (Å²) in [5.41, 5.74) is 3.09. The minimum absolute atomic E-state index is 0.394. The summed E-state index contributed by atoms with van der Waals surface area (Å²) in [6, 6.07) is 18.3. The molecule has 98 valence electrons. The van der Waals surface area contributed by atoms with Crippen molar-refractivity contribution in [3.8, 4) is 17.3 Å². The molecule has 4 nitrogen and oxygen atoms in total. The molecule has 0 aliphatic carbocycles. The van der Waals surface area contributed by atoms with Crippen LogP contribution in [0.15, 0.2) is 54.7 Å². The van der Waals surface area contributed by atoms with Crippen LogP contribution in [0.3, 0.4) is 0 Å². The highest BCUT2D eigenvalue weighted by Gasteiger charge is 2.10. The average Bonchev–Trinajstić information content (AvgIpc) is 2.97. The number of nitrogens with one attached hydrogen (secondary N) is 1. The van der Waals surface area contributed by atoms with Crippen molar-refractivity contribution < 1.29 is 0 Å². The van der Waals surface area contributed by atoms with Gasteiger partial charge in [0.1, 0.15) is 17.5 Å². The van der Waals surface area contributed by atoms with Crippen LogP contribution >= 0.6 is 0 Å². The Kier molecular flexibility index (Phi) is 2.45. The molecule has 0 radical (unpaired) electrons. The summed E-state index contributed by atoms with van der Waals surface area (Å²) in [5.74, 6) is 0. The van der Waals surface area contributed by atoms with Crippen molar-refractivity contribution in [3.63, 3.8) is 0 Å². The number of fused-ring (bicyclic) bond motifs is 2. The fraction of sp³-hybridized carbons (Fsp3) is 0. The Bertz CT molecular complexity index is 1010. The molecule has 0 aliphatic heterocycles. The fourth-order valence-electron chi connectivity index (χ4n) is 2.53. The van der Waals surface area contributed by atoms with Gasteiger partial charge in [-0.25, -0.2) is 4.98 Å². The summed E-state index contributed by atoms with van der Waals surface area (Å²) < 4.78 is 0. The second kappa shape index (κ2) is 4.43. The highest BCUT2D eigenvalue weighted by molar-refractivity contribution is 5.96. The third kappa shape index (κ3) is 1.84. The van der Waals surface area contributed by atoms with Crippen LogP contribution in [0.1, 0.15) is 5.69 Å². The predicted octanol–water partition coefficient (Wildman–Crippen LogP) is 3.65. The van der Waals surface area contributed by atoms with Crippen LogP contribution in [0.2, 0.25) is 0 Å². The van der Waals surface area contributed by atoms with Gasteiger partial charge >= 0.3 is 0 Å². The minimum Gasteiger partial charge on any atom is -0.276 e. The van der Waals surface area contributed by atoms with E-state index in [1.165, 1.54) is 10.8 Å². The van der Waals surface area contributed by atoms with E-state index in [-0.39, 0.29) is 0 Å². The monoisotopic (exact) mass is 270 g/mol. The lowest BCUT2D eigenvalue weighted by Gasteiger charge is -2.01. The zero-order valence-electron chi connectivity index (χ0n) is 11.0. The predicted molar refractivity (Wildman–Crippen MR) is 81.5 cm³/mol. The van der Waals surface area contributed by atoms with Crippen LogP contribution in [0.5, 0.6) is 0 Å². The maximum atomic E-state index is 8.99. The van der Waals surface area contributed by atoms with E-state index >= 15 is 0 Å². The Hall–Kier alpha value is -3.19. The Morgan fingerprint density at radius 3 is 2.71 bits per heavy atom. The molecule has 0 spiro atoms. The van der Waals surface area contributed by atoms with Crippen LogP contribution in [0.4, 0.5) is 0 Å². The number of nitriles is 1. The Balaban J connectivity index is 1.97. The Morgan fingerprint density at radius 2 is 1.86 bits per heavy atom. The van der Waals surface area contributed by atoms with Gasteiger partial charge in [-0.2, -0.15) is 10.4 Å². The number of aromatic amines is 1. The molecule has 2 aromatic heterocycles. The van der Waals surface area contributed by atoms with Crippen molar-refractivity contribution in [2.24, 2.45) is 0 Å². The van der Waals surface area contributed by atoms with Crippen molar-refractivity contribution in [1.29, 1.82) is 5.26 Å². The molecule has 2 aromatic carbocycles. The molecule has 0 fully saturated rings. The highest BCUT2D eigenvalue weighted by Crippen LogP contribution is 2.28. The van der Waals surface area contributed by atoms with Crippen molar-refractivity contribution in [2.75, 3.05) is 0 Å². The minimum atomic E-state index is 0.394. The van der Waals surface area contributed by atoms with Gasteiger partial charge in [0.05, 0.1) is 11.7 Å². The Morgan fingerprint density at radius 1 is 1.00 bits per heavy atom. The van der Waals surface area contributed by atoms with Gasteiger partial charge in [0.15, 0.2) is 0 Å². The number of aromatic nitrogens is 3. The molecular weight excluding hydrogens is 260 g/mol. The van der Waals surface area contributed by atoms with E-state index < -0.39 is 0 Å². The van der Waals surface area contributed by atoms with Gasteiger partial charge in [-0.3, -0.25) is 5.10 Å². The van der Waals surface area contributed by atoms with E-state index in [9.17, 15) is 0 Å². The number of H-pyrrole nitrogens is 1. The lowest BCUT2D eigenvalue weighted by Crippen LogP contribution is -1.83. The molecule has 0 bridgehead atoms. The summed E-state index contributed by atoms with van der Waals surface area (Å²) in [5, 5.41) is 19.6. The largest absolute Gasteiger partial charge is 0.276 e. The third-order valence-corrected chi connectivity index (χ3v) is 3.58. The van der Waals surface area contributed by atoms with Gasteiger partial charge in [-0.15, -0.1) is 0 Å². The first-order valence-electron chi connectivity index (χ1n) is 6.58. The molecule has 0 atom stereocenters. The lowest BCUT2D eigenvalue weighted by atomic mass is 10.0. The standard InChI is InChI=1S/C17H10N4/c18-9-14-8-15-16(10-19-14)20-21-17(15)13-6-5-11-3-1-2-4-12(11)7-13/h1-8,10H,(H,20,21). The highest BCUT2D eigenvalue weighted by atomic mass is 15.1. The van der Waals surface area contributed by atoms with Gasteiger partial charge in [-0.05, 0) is 22.9 Å². The number of nitrogens with zero attached hydrogens (tertiary/aromatic N) is 3. The van der Waals surface area contributed by atoms with E-state index in [0.717, 1.165) is 22.2 Å². The third-order valence-electron chi connectivity index (χ3n) is 3.58. The van der Waals surface area contributed by atoms with Gasteiger partial charge in [0.25, 0.3) is 0 Å². The van der Waals surface area contributed by atoms with E-state index in [4.69, 9.17) is 5.26 Å². The normalized spacial score (nSPS) is 10.8. The average molecular weight is 270 g/mol. The molecule has 1 N–H and O–H groups in total. The molecule has 4 heteroatoms. The van der Waals surface area contributed by atoms with Crippen LogP contribution in [-0.4, -0.2) is 15.2 Å². The smallest absolute Gasteiger partial charge is 0.141 e. The topological polar surface area (TPSA) is 65.4 Å². The van der Waals surface area contributed by atoms with Gasteiger partial charge in [-0.1, -0.05) is 36.4 Å². The second-order valence-electron chi connectivity index (χ2n) is 4.86. The molecule has 21 heavy (non-hydrogen) atoms. The van der Waals surface area contributed by atoms with Crippen LogP contribution in [-0.2, 0) is 0 Å². The number of hydrogen-bond donors (Lipinski definition) is 1.